The number of alkyl halides is 3. The summed E-state index contributed by atoms with van der Waals surface area (Å²) in [5.74, 6) is -0.133. The molecule has 2 rings (SSSR count). The smallest absolute Gasteiger partial charge is 0.406 e. The van der Waals surface area contributed by atoms with Crippen LogP contribution < -0.4 is 4.74 Å². The summed E-state index contributed by atoms with van der Waals surface area (Å²) >= 11 is 0. The first-order chi connectivity index (χ1) is 9.40. The van der Waals surface area contributed by atoms with Crippen molar-refractivity contribution in [3.05, 3.63) is 29.8 Å². The minimum Gasteiger partial charge on any atom is -0.406 e. The average molecular weight is 287 g/mol. The molecule has 2 nitrogen and oxygen atoms in total. The minimum atomic E-state index is -4.63. The van der Waals surface area contributed by atoms with Gasteiger partial charge in [-0.25, -0.2) is 0 Å². The van der Waals surface area contributed by atoms with Crippen molar-refractivity contribution in [1.29, 1.82) is 0 Å². The van der Waals surface area contributed by atoms with Crippen molar-refractivity contribution in [3.63, 3.8) is 0 Å². The van der Waals surface area contributed by atoms with E-state index >= 15 is 0 Å². The lowest BCUT2D eigenvalue weighted by Gasteiger charge is -2.30. The van der Waals surface area contributed by atoms with Crippen LogP contribution in [0.2, 0.25) is 0 Å². The number of benzene rings is 1. The zero-order valence-corrected chi connectivity index (χ0v) is 11.8. The Morgan fingerprint density at radius 1 is 1.40 bits per heavy atom. The monoisotopic (exact) mass is 287 g/mol. The fraction of sp³-hybridized carbons (Fsp3) is 0.600. The van der Waals surface area contributed by atoms with Gasteiger partial charge in [0.15, 0.2) is 0 Å². The van der Waals surface area contributed by atoms with E-state index in [1.54, 1.807) is 6.07 Å². The molecule has 1 fully saturated rings. The van der Waals surface area contributed by atoms with Crippen LogP contribution in [0.5, 0.6) is 5.75 Å². The summed E-state index contributed by atoms with van der Waals surface area (Å²) in [6, 6.07) is 7.01. The molecule has 1 saturated heterocycles. The van der Waals surface area contributed by atoms with Crippen LogP contribution in [0.1, 0.15) is 44.7 Å². The third kappa shape index (κ3) is 3.66. The van der Waals surface area contributed by atoms with Gasteiger partial charge in [0.2, 0.25) is 0 Å². The highest BCUT2D eigenvalue weighted by atomic mass is 19.4. The lowest BCUT2D eigenvalue weighted by molar-refractivity contribution is -0.274. The highest BCUT2D eigenvalue weighted by Crippen LogP contribution is 2.36. The molecular weight excluding hydrogens is 267 g/mol. The maximum absolute atomic E-state index is 12.3. The van der Waals surface area contributed by atoms with Gasteiger partial charge in [-0.1, -0.05) is 19.1 Å². The first-order valence-electron chi connectivity index (χ1n) is 7.02. The molecule has 1 aromatic rings. The fourth-order valence-electron chi connectivity index (χ4n) is 2.83. The van der Waals surface area contributed by atoms with Gasteiger partial charge in [-0.3, -0.25) is 4.90 Å². The molecule has 1 heterocycles. The molecular formula is C15H20F3NO. The van der Waals surface area contributed by atoms with Crippen molar-refractivity contribution < 1.29 is 17.9 Å². The zero-order valence-electron chi connectivity index (χ0n) is 11.8. The highest BCUT2D eigenvalue weighted by molar-refractivity contribution is 5.31. The summed E-state index contributed by atoms with van der Waals surface area (Å²) in [6.07, 6.45) is -1.53. The molecule has 0 aliphatic carbocycles. The third-order valence-corrected chi connectivity index (χ3v) is 3.93. The summed E-state index contributed by atoms with van der Waals surface area (Å²) in [4.78, 5) is 2.37. The molecule has 0 aromatic heterocycles. The fourth-order valence-corrected chi connectivity index (χ4v) is 2.83. The normalized spacial score (nSPS) is 21.9. The molecule has 0 radical (unpaired) electrons. The first-order valence-corrected chi connectivity index (χ1v) is 7.02. The molecule has 5 heteroatoms. The van der Waals surface area contributed by atoms with Crippen molar-refractivity contribution in [2.24, 2.45) is 0 Å². The van der Waals surface area contributed by atoms with Crippen molar-refractivity contribution in [1.82, 2.24) is 4.90 Å². The van der Waals surface area contributed by atoms with Crippen molar-refractivity contribution in [2.45, 2.75) is 51.6 Å². The van der Waals surface area contributed by atoms with Crippen molar-refractivity contribution in [3.8, 4) is 5.75 Å². The molecule has 1 aliphatic rings. The molecule has 112 valence electrons. The Bertz CT molecular complexity index is 447. The lowest BCUT2D eigenvalue weighted by atomic mass is 10.0. The van der Waals surface area contributed by atoms with Crippen LogP contribution in [-0.4, -0.2) is 23.8 Å². The topological polar surface area (TPSA) is 12.5 Å². The maximum Gasteiger partial charge on any atom is 0.573 e. The van der Waals surface area contributed by atoms with Gasteiger partial charge in [0.1, 0.15) is 5.75 Å². The van der Waals surface area contributed by atoms with Gasteiger partial charge in [0.05, 0.1) is 0 Å². The molecule has 0 N–H and O–H groups in total. The largest absolute Gasteiger partial charge is 0.573 e. The summed E-state index contributed by atoms with van der Waals surface area (Å²) in [5.41, 5.74) is 0.907. The molecule has 0 saturated carbocycles. The van der Waals surface area contributed by atoms with Crippen LogP contribution in [-0.2, 0) is 0 Å². The van der Waals surface area contributed by atoms with E-state index in [4.69, 9.17) is 0 Å². The van der Waals surface area contributed by atoms with Gasteiger partial charge in [-0.05, 0) is 50.4 Å². The Hall–Kier alpha value is -1.23. The number of likely N-dealkylation sites (tertiary alicyclic amines) is 1. The number of halogens is 3. The Balaban J connectivity index is 2.18. The predicted octanol–water partition coefficient (Wildman–Crippen LogP) is 4.52. The van der Waals surface area contributed by atoms with Crippen molar-refractivity contribution in [2.75, 3.05) is 6.54 Å². The second-order valence-electron chi connectivity index (χ2n) is 5.27. The molecule has 1 aliphatic heterocycles. The van der Waals surface area contributed by atoms with Gasteiger partial charge in [-0.2, -0.15) is 0 Å². The summed E-state index contributed by atoms with van der Waals surface area (Å²) in [7, 11) is 0. The number of hydrogen-bond acceptors (Lipinski definition) is 2. The van der Waals surface area contributed by atoms with E-state index in [0.717, 1.165) is 31.4 Å². The molecule has 0 amide bonds. The molecule has 0 spiro atoms. The van der Waals surface area contributed by atoms with E-state index in [-0.39, 0.29) is 11.8 Å². The van der Waals surface area contributed by atoms with Crippen molar-refractivity contribution >= 4 is 0 Å². The highest BCUT2D eigenvalue weighted by Gasteiger charge is 2.32. The summed E-state index contributed by atoms with van der Waals surface area (Å²) < 4.78 is 40.8. The lowest BCUT2D eigenvalue weighted by Crippen LogP contribution is -2.32. The van der Waals surface area contributed by atoms with Crippen LogP contribution in [0, 0.1) is 0 Å². The average Bonchev–Trinajstić information content (AvgIpc) is 2.85. The van der Waals surface area contributed by atoms with Gasteiger partial charge < -0.3 is 4.74 Å². The van der Waals surface area contributed by atoms with E-state index in [0.29, 0.717) is 6.04 Å². The van der Waals surface area contributed by atoms with E-state index in [1.165, 1.54) is 12.1 Å². The minimum absolute atomic E-state index is 0.133. The quantitative estimate of drug-likeness (QED) is 0.807. The number of nitrogens with zero attached hydrogens (tertiary/aromatic N) is 1. The van der Waals surface area contributed by atoms with E-state index in [9.17, 15) is 13.2 Å². The standard InChI is InChI=1S/C15H20F3NO/c1-3-11(2)19-9-5-8-14(19)12-6-4-7-13(10-12)20-15(16,17)18/h4,6-7,10-11,14H,3,5,8-9H2,1-2H3. The second-order valence-corrected chi connectivity index (χ2v) is 5.27. The van der Waals surface area contributed by atoms with E-state index in [2.05, 4.69) is 23.5 Å². The number of rotatable bonds is 4. The van der Waals surface area contributed by atoms with E-state index in [1.807, 2.05) is 6.07 Å². The van der Waals surface area contributed by atoms with Crippen LogP contribution in [0.4, 0.5) is 13.2 Å². The predicted molar refractivity (Wildman–Crippen MR) is 71.6 cm³/mol. The van der Waals surface area contributed by atoms with E-state index < -0.39 is 6.36 Å². The van der Waals surface area contributed by atoms with Crippen LogP contribution in [0.3, 0.4) is 0 Å². The van der Waals surface area contributed by atoms with Gasteiger partial charge in [0.25, 0.3) is 0 Å². The number of hydrogen-bond donors (Lipinski definition) is 0. The Morgan fingerprint density at radius 2 is 2.15 bits per heavy atom. The first kappa shape index (κ1) is 15.2. The Kier molecular flexibility index (Phi) is 4.58. The van der Waals surface area contributed by atoms with Crippen LogP contribution >= 0.6 is 0 Å². The molecule has 20 heavy (non-hydrogen) atoms. The molecule has 2 atom stereocenters. The molecule has 0 bridgehead atoms. The van der Waals surface area contributed by atoms with Gasteiger partial charge >= 0.3 is 6.36 Å². The zero-order chi connectivity index (χ0) is 14.8. The third-order valence-electron chi connectivity index (χ3n) is 3.93. The van der Waals surface area contributed by atoms with Crippen LogP contribution in [0.15, 0.2) is 24.3 Å². The van der Waals surface area contributed by atoms with Gasteiger partial charge in [0, 0.05) is 12.1 Å². The number of ether oxygens (including phenoxy) is 1. The maximum atomic E-state index is 12.3. The molecule has 1 aromatic carbocycles. The Morgan fingerprint density at radius 3 is 2.80 bits per heavy atom. The summed E-state index contributed by atoms with van der Waals surface area (Å²) in [5, 5.41) is 0. The Labute approximate surface area is 117 Å². The van der Waals surface area contributed by atoms with Crippen LogP contribution in [0.25, 0.3) is 0 Å². The van der Waals surface area contributed by atoms with Gasteiger partial charge in [-0.15, -0.1) is 13.2 Å². The molecule has 2 unspecified atom stereocenters. The SMILES string of the molecule is CCC(C)N1CCCC1c1cccc(OC(F)(F)F)c1. The second kappa shape index (κ2) is 6.04. The summed E-state index contributed by atoms with van der Waals surface area (Å²) in [6.45, 7) is 5.29.